The van der Waals surface area contributed by atoms with E-state index in [1.54, 1.807) is 11.4 Å². The van der Waals surface area contributed by atoms with Crippen LogP contribution >= 0.6 is 11.3 Å². The first-order valence-corrected chi connectivity index (χ1v) is 6.01. The molecule has 0 spiro atoms. The first kappa shape index (κ1) is 13.1. The number of thiophene rings is 1. The molecule has 0 bridgehead atoms. The second-order valence-corrected chi connectivity index (χ2v) is 4.54. The summed E-state index contributed by atoms with van der Waals surface area (Å²) in [5.41, 5.74) is 0.946. The monoisotopic (exact) mass is 244 g/mol. The van der Waals surface area contributed by atoms with Crippen LogP contribution in [0, 0.1) is 10.1 Å². The number of nitro groups is 1. The molecule has 0 aliphatic rings. The molecule has 0 saturated carbocycles. The SMILES string of the molecule is CC(C)OCCNCc1csc([N+](=O)[O-])c1. The lowest BCUT2D eigenvalue weighted by Gasteiger charge is -2.07. The molecule has 16 heavy (non-hydrogen) atoms. The molecular weight excluding hydrogens is 228 g/mol. The van der Waals surface area contributed by atoms with Crippen LogP contribution in [-0.4, -0.2) is 24.2 Å². The normalized spacial score (nSPS) is 10.9. The van der Waals surface area contributed by atoms with E-state index in [-0.39, 0.29) is 16.0 Å². The third-order valence-electron chi connectivity index (χ3n) is 1.88. The Morgan fingerprint density at radius 3 is 2.94 bits per heavy atom. The summed E-state index contributed by atoms with van der Waals surface area (Å²) in [7, 11) is 0. The van der Waals surface area contributed by atoms with Gasteiger partial charge in [0.1, 0.15) is 0 Å². The summed E-state index contributed by atoms with van der Waals surface area (Å²) in [6.07, 6.45) is 0.240. The topological polar surface area (TPSA) is 64.4 Å². The molecule has 0 radical (unpaired) electrons. The van der Waals surface area contributed by atoms with E-state index in [1.807, 2.05) is 13.8 Å². The molecule has 5 nitrogen and oxygen atoms in total. The molecule has 0 aliphatic carbocycles. The third kappa shape index (κ3) is 4.69. The van der Waals surface area contributed by atoms with Gasteiger partial charge in [-0.25, -0.2) is 0 Å². The Kier molecular flexibility index (Phi) is 5.37. The zero-order valence-corrected chi connectivity index (χ0v) is 10.3. The first-order valence-electron chi connectivity index (χ1n) is 5.13. The van der Waals surface area contributed by atoms with Gasteiger partial charge >= 0.3 is 5.00 Å². The minimum absolute atomic E-state index is 0.190. The molecule has 0 aromatic carbocycles. The van der Waals surface area contributed by atoms with E-state index in [2.05, 4.69) is 5.32 Å². The van der Waals surface area contributed by atoms with Crippen LogP contribution in [0.4, 0.5) is 5.00 Å². The Morgan fingerprint density at radius 1 is 1.62 bits per heavy atom. The summed E-state index contributed by atoms with van der Waals surface area (Å²) < 4.78 is 5.36. The molecule has 0 saturated heterocycles. The van der Waals surface area contributed by atoms with Crippen molar-refractivity contribution in [2.75, 3.05) is 13.2 Å². The summed E-state index contributed by atoms with van der Waals surface area (Å²) in [6, 6.07) is 1.60. The van der Waals surface area contributed by atoms with Crippen molar-refractivity contribution in [3.8, 4) is 0 Å². The van der Waals surface area contributed by atoms with Crippen molar-refractivity contribution in [1.29, 1.82) is 0 Å². The van der Waals surface area contributed by atoms with Gasteiger partial charge in [0.05, 0.1) is 17.6 Å². The van der Waals surface area contributed by atoms with E-state index in [9.17, 15) is 10.1 Å². The zero-order chi connectivity index (χ0) is 12.0. The van der Waals surface area contributed by atoms with Crippen LogP contribution in [0.3, 0.4) is 0 Å². The summed E-state index contributed by atoms with van der Waals surface area (Å²) in [6.45, 7) is 6.03. The van der Waals surface area contributed by atoms with Crippen molar-refractivity contribution in [3.63, 3.8) is 0 Å². The predicted octanol–water partition coefficient (Wildman–Crippen LogP) is 2.17. The van der Waals surface area contributed by atoms with Crippen LogP contribution in [0.1, 0.15) is 19.4 Å². The highest BCUT2D eigenvalue weighted by Crippen LogP contribution is 2.22. The van der Waals surface area contributed by atoms with Crippen LogP contribution in [0.25, 0.3) is 0 Å². The highest BCUT2D eigenvalue weighted by molar-refractivity contribution is 7.13. The second-order valence-electron chi connectivity index (χ2n) is 3.65. The van der Waals surface area contributed by atoms with Crippen molar-refractivity contribution >= 4 is 16.3 Å². The maximum absolute atomic E-state index is 10.4. The molecule has 90 valence electrons. The smallest absolute Gasteiger partial charge is 0.324 e. The van der Waals surface area contributed by atoms with Gasteiger partial charge in [-0.1, -0.05) is 11.3 Å². The molecule has 1 aromatic rings. The average Bonchev–Trinajstić information content (AvgIpc) is 2.65. The van der Waals surface area contributed by atoms with E-state index in [1.165, 1.54) is 0 Å². The number of ether oxygens (including phenoxy) is 1. The minimum atomic E-state index is -0.365. The van der Waals surface area contributed by atoms with Crippen molar-refractivity contribution in [2.45, 2.75) is 26.5 Å². The molecule has 1 aromatic heterocycles. The average molecular weight is 244 g/mol. The molecular formula is C10H16N2O3S. The Labute approximate surface area is 98.6 Å². The summed E-state index contributed by atoms with van der Waals surface area (Å²) >= 11 is 1.16. The van der Waals surface area contributed by atoms with E-state index in [0.717, 1.165) is 23.4 Å². The number of hydrogen-bond acceptors (Lipinski definition) is 5. The van der Waals surface area contributed by atoms with Gasteiger partial charge in [-0.2, -0.15) is 0 Å². The van der Waals surface area contributed by atoms with Crippen molar-refractivity contribution < 1.29 is 9.66 Å². The number of rotatable bonds is 7. The number of hydrogen-bond donors (Lipinski definition) is 1. The van der Waals surface area contributed by atoms with Crippen molar-refractivity contribution in [1.82, 2.24) is 5.32 Å². The Morgan fingerprint density at radius 2 is 2.38 bits per heavy atom. The quantitative estimate of drug-likeness (QED) is 0.453. The van der Waals surface area contributed by atoms with Gasteiger partial charge in [0.25, 0.3) is 0 Å². The molecule has 1 heterocycles. The van der Waals surface area contributed by atoms with Gasteiger partial charge in [-0.3, -0.25) is 10.1 Å². The van der Waals surface area contributed by atoms with E-state index in [0.29, 0.717) is 13.2 Å². The molecule has 0 amide bonds. The summed E-state index contributed by atoms with van der Waals surface area (Å²) in [5, 5.41) is 15.6. The van der Waals surface area contributed by atoms with Crippen LogP contribution < -0.4 is 5.32 Å². The van der Waals surface area contributed by atoms with Crippen LogP contribution in [0.15, 0.2) is 11.4 Å². The van der Waals surface area contributed by atoms with E-state index < -0.39 is 0 Å². The second kappa shape index (κ2) is 6.57. The molecule has 0 aliphatic heterocycles. The van der Waals surface area contributed by atoms with Crippen molar-refractivity contribution in [3.05, 3.63) is 27.1 Å². The van der Waals surface area contributed by atoms with Crippen molar-refractivity contribution in [2.24, 2.45) is 0 Å². The Bertz CT molecular complexity index is 339. The van der Waals surface area contributed by atoms with Gasteiger partial charge in [0.2, 0.25) is 0 Å². The van der Waals surface area contributed by atoms with Gasteiger partial charge in [-0.15, -0.1) is 0 Å². The van der Waals surface area contributed by atoms with Gasteiger partial charge in [-0.05, 0) is 19.4 Å². The zero-order valence-electron chi connectivity index (χ0n) is 9.43. The maximum atomic E-state index is 10.4. The largest absolute Gasteiger partial charge is 0.377 e. The van der Waals surface area contributed by atoms with Crippen LogP contribution in [-0.2, 0) is 11.3 Å². The van der Waals surface area contributed by atoms with E-state index >= 15 is 0 Å². The molecule has 1 N–H and O–H groups in total. The van der Waals surface area contributed by atoms with Gasteiger partial charge in [0, 0.05) is 24.5 Å². The first-order chi connectivity index (χ1) is 7.59. The lowest BCUT2D eigenvalue weighted by atomic mass is 10.3. The summed E-state index contributed by atoms with van der Waals surface area (Å²) in [4.78, 5) is 10.1. The number of nitrogens with one attached hydrogen (secondary N) is 1. The Hall–Kier alpha value is -0.980. The third-order valence-corrected chi connectivity index (χ3v) is 2.81. The fourth-order valence-corrected chi connectivity index (χ4v) is 1.88. The fourth-order valence-electron chi connectivity index (χ4n) is 1.15. The summed E-state index contributed by atoms with van der Waals surface area (Å²) in [5.74, 6) is 0. The maximum Gasteiger partial charge on any atom is 0.324 e. The lowest BCUT2D eigenvalue weighted by molar-refractivity contribution is -0.380. The van der Waals surface area contributed by atoms with E-state index in [4.69, 9.17) is 4.74 Å². The fraction of sp³-hybridized carbons (Fsp3) is 0.600. The standard InChI is InChI=1S/C10H16N2O3S/c1-8(2)15-4-3-11-6-9-5-10(12(13)14)16-7-9/h5,7-8,11H,3-4,6H2,1-2H3. The highest BCUT2D eigenvalue weighted by atomic mass is 32.1. The van der Waals surface area contributed by atoms with Gasteiger partial charge in [0.15, 0.2) is 0 Å². The van der Waals surface area contributed by atoms with Crippen LogP contribution in [0.5, 0.6) is 0 Å². The number of nitrogens with zero attached hydrogens (tertiary/aromatic N) is 1. The predicted molar refractivity (Wildman–Crippen MR) is 63.8 cm³/mol. The minimum Gasteiger partial charge on any atom is -0.377 e. The molecule has 0 fully saturated rings. The Balaban J connectivity index is 2.19. The lowest BCUT2D eigenvalue weighted by Crippen LogP contribution is -2.20. The highest BCUT2D eigenvalue weighted by Gasteiger charge is 2.08. The molecule has 0 atom stereocenters. The van der Waals surface area contributed by atoms with Crippen LogP contribution in [0.2, 0.25) is 0 Å². The molecule has 1 rings (SSSR count). The molecule has 0 unspecified atom stereocenters. The van der Waals surface area contributed by atoms with Gasteiger partial charge < -0.3 is 10.1 Å². The molecule has 6 heteroatoms.